The molecule has 1 aromatic rings. The van der Waals surface area contributed by atoms with Crippen LogP contribution >= 0.6 is 0 Å². The first-order chi connectivity index (χ1) is 7.45. The highest BCUT2D eigenvalue weighted by molar-refractivity contribution is 7.86. The average molecular weight is 247 g/mol. The molecule has 0 aliphatic carbocycles. The van der Waals surface area contributed by atoms with Gasteiger partial charge in [-0.1, -0.05) is 13.3 Å². The predicted octanol–water partition coefficient (Wildman–Crippen LogP) is 1.26. The minimum atomic E-state index is -4.35. The fourth-order valence-corrected chi connectivity index (χ4v) is 1.71. The van der Waals surface area contributed by atoms with Gasteiger partial charge in [-0.05, 0) is 6.07 Å². The molecule has 1 aromatic heterocycles. The summed E-state index contributed by atoms with van der Waals surface area (Å²) in [5, 5.41) is 11.3. The van der Waals surface area contributed by atoms with Gasteiger partial charge in [-0.15, -0.1) is 0 Å². The van der Waals surface area contributed by atoms with Crippen molar-refractivity contribution in [3.63, 3.8) is 0 Å². The highest BCUT2D eigenvalue weighted by Crippen LogP contribution is 2.14. The van der Waals surface area contributed by atoms with Gasteiger partial charge in [0, 0.05) is 6.42 Å². The van der Waals surface area contributed by atoms with Gasteiger partial charge in [-0.25, -0.2) is 4.74 Å². The first kappa shape index (κ1) is 12.7. The molecular formula is C9H13NO5S. The lowest BCUT2D eigenvalue weighted by Gasteiger charge is -2.01. The molecule has 1 heterocycles. The molecule has 7 heteroatoms. The van der Waals surface area contributed by atoms with Gasteiger partial charge in [-0.3, -0.25) is 4.55 Å². The summed E-state index contributed by atoms with van der Waals surface area (Å²) in [5.41, 5.74) is 0. The minimum Gasteiger partial charge on any atom is -0.624 e. The Bertz CT molecular complexity index is 474. The van der Waals surface area contributed by atoms with Gasteiger partial charge < -0.3 is 9.62 Å². The van der Waals surface area contributed by atoms with E-state index in [0.717, 1.165) is 25.0 Å². The van der Waals surface area contributed by atoms with E-state index in [1.165, 1.54) is 0 Å². The van der Waals surface area contributed by atoms with Crippen LogP contribution in [-0.2, 0) is 10.1 Å². The second-order valence-electron chi connectivity index (χ2n) is 3.25. The van der Waals surface area contributed by atoms with E-state index in [0.29, 0.717) is 11.2 Å². The molecular weight excluding hydrogens is 234 g/mol. The normalized spacial score (nSPS) is 13.0. The Morgan fingerprint density at radius 2 is 2.31 bits per heavy atom. The lowest BCUT2D eigenvalue weighted by Crippen LogP contribution is -2.09. The van der Waals surface area contributed by atoms with E-state index in [4.69, 9.17) is 8.97 Å². The van der Waals surface area contributed by atoms with E-state index in [1.807, 2.05) is 6.92 Å². The highest BCUT2D eigenvalue weighted by atomic mass is 32.2. The summed E-state index contributed by atoms with van der Waals surface area (Å²) in [6, 6.07) is 1.09. The van der Waals surface area contributed by atoms with E-state index in [9.17, 15) is 13.6 Å². The molecule has 0 bridgehead atoms. The van der Waals surface area contributed by atoms with Crippen molar-refractivity contribution in [1.29, 1.82) is 0 Å². The van der Waals surface area contributed by atoms with Crippen molar-refractivity contribution in [3.05, 3.63) is 23.3 Å². The van der Waals surface area contributed by atoms with Crippen molar-refractivity contribution in [2.24, 2.45) is 0 Å². The van der Waals surface area contributed by atoms with Crippen LogP contribution in [0.5, 0.6) is 0 Å². The maximum Gasteiger partial charge on any atom is 0.298 e. The molecule has 0 saturated heterocycles. The Kier molecular flexibility index (Phi) is 4.08. The molecule has 0 radical (unpaired) electrons. The molecule has 0 saturated carbocycles. The first-order valence-electron chi connectivity index (χ1n) is 4.78. The van der Waals surface area contributed by atoms with Gasteiger partial charge in [0.05, 0.1) is 6.26 Å². The SMILES string of the molecule is CCCC[N+]([O-])=Cc1occc1S(=O)(=O)O. The van der Waals surface area contributed by atoms with Crippen LogP contribution in [0.3, 0.4) is 0 Å². The van der Waals surface area contributed by atoms with Crippen LogP contribution in [0.1, 0.15) is 25.5 Å². The van der Waals surface area contributed by atoms with Crippen LogP contribution in [0.4, 0.5) is 0 Å². The average Bonchev–Trinajstić information content (AvgIpc) is 2.62. The second kappa shape index (κ2) is 5.13. The Morgan fingerprint density at radius 1 is 1.62 bits per heavy atom. The molecule has 0 unspecified atom stereocenters. The molecule has 90 valence electrons. The molecule has 0 aromatic carbocycles. The number of nitrogens with zero attached hydrogens (tertiary/aromatic N) is 1. The Labute approximate surface area is 93.5 Å². The van der Waals surface area contributed by atoms with Crippen LogP contribution in [0.2, 0.25) is 0 Å². The van der Waals surface area contributed by atoms with Crippen molar-refractivity contribution in [2.45, 2.75) is 24.7 Å². The van der Waals surface area contributed by atoms with Gasteiger partial charge in [0.15, 0.2) is 6.54 Å². The summed E-state index contributed by atoms with van der Waals surface area (Å²) in [6.07, 6.45) is 3.67. The minimum absolute atomic E-state index is 0.159. The number of rotatable bonds is 5. The van der Waals surface area contributed by atoms with Gasteiger partial charge in [0.1, 0.15) is 4.90 Å². The molecule has 1 N–H and O–H groups in total. The number of hydrogen-bond donors (Lipinski definition) is 1. The van der Waals surface area contributed by atoms with E-state index < -0.39 is 15.0 Å². The summed E-state index contributed by atoms with van der Waals surface area (Å²) < 4.78 is 35.9. The maximum atomic E-state index is 11.3. The summed E-state index contributed by atoms with van der Waals surface area (Å²) >= 11 is 0. The quantitative estimate of drug-likeness (QED) is 0.278. The van der Waals surface area contributed by atoms with E-state index in [1.54, 1.807) is 0 Å². The fraction of sp³-hybridized carbons (Fsp3) is 0.444. The zero-order valence-corrected chi connectivity index (χ0v) is 9.61. The van der Waals surface area contributed by atoms with Crippen LogP contribution in [0.15, 0.2) is 21.6 Å². The summed E-state index contributed by atoms with van der Waals surface area (Å²) in [5.74, 6) is -0.159. The Hall–Kier alpha value is -1.34. The smallest absolute Gasteiger partial charge is 0.298 e. The highest BCUT2D eigenvalue weighted by Gasteiger charge is 2.19. The van der Waals surface area contributed by atoms with Crippen molar-refractivity contribution in [1.82, 2.24) is 0 Å². The van der Waals surface area contributed by atoms with Crippen LogP contribution in [0.25, 0.3) is 0 Å². The van der Waals surface area contributed by atoms with Crippen molar-refractivity contribution in [3.8, 4) is 0 Å². The summed E-state index contributed by atoms with van der Waals surface area (Å²) in [4.78, 5) is -0.398. The van der Waals surface area contributed by atoms with Crippen LogP contribution in [-0.4, -0.2) is 30.5 Å². The van der Waals surface area contributed by atoms with Gasteiger partial charge in [0.25, 0.3) is 10.1 Å². The monoisotopic (exact) mass is 247 g/mol. The maximum absolute atomic E-state index is 11.3. The third kappa shape index (κ3) is 3.35. The van der Waals surface area contributed by atoms with Gasteiger partial charge in [0.2, 0.25) is 12.0 Å². The van der Waals surface area contributed by atoms with E-state index >= 15 is 0 Å². The molecule has 16 heavy (non-hydrogen) atoms. The number of unbranched alkanes of at least 4 members (excludes halogenated alkanes) is 1. The molecule has 0 spiro atoms. The standard InChI is InChI=1S/C9H13NO5S/c1-2-3-5-10(11)7-8-9(4-6-15-8)16(12,13)14/h4,6-7H,2-3,5H2,1H3,(H,12,13,14). The summed E-state index contributed by atoms with van der Waals surface area (Å²) in [6.45, 7) is 2.19. The molecule has 0 aliphatic heterocycles. The number of hydrogen-bond acceptors (Lipinski definition) is 4. The molecule has 0 aliphatic rings. The van der Waals surface area contributed by atoms with E-state index in [-0.39, 0.29) is 12.3 Å². The zero-order chi connectivity index (χ0) is 12.2. The summed E-state index contributed by atoms with van der Waals surface area (Å²) in [7, 11) is -4.35. The lowest BCUT2D eigenvalue weighted by atomic mass is 10.3. The number of furan rings is 1. The third-order valence-electron chi connectivity index (χ3n) is 1.93. The molecule has 0 atom stereocenters. The molecule has 0 amide bonds. The lowest BCUT2D eigenvalue weighted by molar-refractivity contribution is -0.453. The molecule has 1 rings (SSSR count). The third-order valence-corrected chi connectivity index (χ3v) is 2.82. The first-order valence-corrected chi connectivity index (χ1v) is 6.22. The van der Waals surface area contributed by atoms with Crippen molar-refractivity contribution in [2.75, 3.05) is 6.54 Å². The topological polar surface area (TPSA) is 93.6 Å². The second-order valence-corrected chi connectivity index (χ2v) is 4.64. The van der Waals surface area contributed by atoms with Crippen LogP contribution < -0.4 is 0 Å². The largest absolute Gasteiger partial charge is 0.624 e. The molecule has 0 fully saturated rings. The van der Waals surface area contributed by atoms with Gasteiger partial charge in [-0.2, -0.15) is 8.42 Å². The van der Waals surface area contributed by atoms with Crippen LogP contribution in [0, 0.1) is 5.21 Å². The van der Waals surface area contributed by atoms with Crippen molar-refractivity contribution >= 4 is 16.3 Å². The zero-order valence-electron chi connectivity index (χ0n) is 8.79. The molecule has 6 nitrogen and oxygen atoms in total. The number of hydroxylamine groups is 1. The Balaban J connectivity index is 2.94. The fourth-order valence-electron chi connectivity index (χ4n) is 1.13. The van der Waals surface area contributed by atoms with Crippen molar-refractivity contribution < 1.29 is 22.1 Å². The van der Waals surface area contributed by atoms with E-state index in [2.05, 4.69) is 0 Å². The predicted molar refractivity (Wildman–Crippen MR) is 57.1 cm³/mol. The Morgan fingerprint density at radius 3 is 2.88 bits per heavy atom. The van der Waals surface area contributed by atoms with Gasteiger partial charge >= 0.3 is 0 Å².